The minimum atomic E-state index is -4.60. The summed E-state index contributed by atoms with van der Waals surface area (Å²) in [6.45, 7) is 1.61. The van der Waals surface area contributed by atoms with E-state index >= 15 is 0 Å². The second-order valence-electron chi connectivity index (χ2n) is 3.76. The lowest BCUT2D eigenvalue weighted by Crippen LogP contribution is -2.54. The number of hydrogen-bond donors (Lipinski definition) is 1. The third-order valence-electron chi connectivity index (χ3n) is 2.77. The number of nitrogens with zero attached hydrogens (tertiary/aromatic N) is 1. The van der Waals surface area contributed by atoms with Crippen LogP contribution in [-0.2, 0) is 4.79 Å². The van der Waals surface area contributed by atoms with Crippen LogP contribution < -0.4 is 0 Å². The quantitative estimate of drug-likeness (QED) is 0.731. The van der Waals surface area contributed by atoms with Crippen molar-refractivity contribution in [1.29, 1.82) is 0 Å². The number of hydrogen-bond acceptors (Lipinski definition) is 2. The Morgan fingerprint density at radius 1 is 1.40 bits per heavy atom. The number of halogens is 3. The average molecular weight is 225 g/mol. The van der Waals surface area contributed by atoms with Crippen LogP contribution in [0, 0.1) is 0 Å². The van der Waals surface area contributed by atoms with Crippen molar-refractivity contribution in [3.05, 3.63) is 0 Å². The lowest BCUT2D eigenvalue weighted by atomic mass is 9.90. The maximum absolute atomic E-state index is 12.4. The Bertz CT molecular complexity index is 244. The molecule has 1 N–H and O–H groups in total. The summed E-state index contributed by atoms with van der Waals surface area (Å²) in [7, 11) is 0. The van der Waals surface area contributed by atoms with Crippen LogP contribution in [0.25, 0.3) is 0 Å². The molecule has 0 aliphatic carbocycles. The smallest absolute Gasteiger partial charge is 0.380 e. The molecule has 0 aromatic carbocycles. The summed E-state index contributed by atoms with van der Waals surface area (Å²) in [6.07, 6.45) is -5.18. The van der Waals surface area contributed by atoms with Crippen LogP contribution in [0.1, 0.15) is 26.2 Å². The SMILES string of the molecule is CCC(=O)N1CCC(O)(C(F)(F)F)CC1. The van der Waals surface area contributed by atoms with Gasteiger partial charge >= 0.3 is 6.18 Å². The highest BCUT2D eigenvalue weighted by Crippen LogP contribution is 2.38. The van der Waals surface area contributed by atoms with Crippen LogP contribution in [0.4, 0.5) is 13.2 Å². The molecule has 0 aromatic heterocycles. The van der Waals surface area contributed by atoms with E-state index in [1.807, 2.05) is 0 Å². The van der Waals surface area contributed by atoms with Gasteiger partial charge in [0, 0.05) is 32.4 Å². The molecule has 1 heterocycles. The molecule has 0 radical (unpaired) electrons. The standard InChI is InChI=1S/C9H14F3NO2/c1-2-7(14)13-5-3-8(15,4-6-13)9(10,11)12/h15H,2-6H2,1H3. The van der Waals surface area contributed by atoms with Crippen molar-refractivity contribution in [1.82, 2.24) is 4.90 Å². The maximum Gasteiger partial charge on any atom is 0.417 e. The Labute approximate surface area is 85.9 Å². The number of carbonyl (C=O) groups excluding carboxylic acids is 1. The van der Waals surface area contributed by atoms with E-state index in [1.165, 1.54) is 4.90 Å². The van der Waals surface area contributed by atoms with Crippen molar-refractivity contribution < 1.29 is 23.1 Å². The van der Waals surface area contributed by atoms with Crippen molar-refractivity contribution in [3.8, 4) is 0 Å². The van der Waals surface area contributed by atoms with Gasteiger partial charge in [0.2, 0.25) is 5.91 Å². The van der Waals surface area contributed by atoms with Gasteiger partial charge in [0.25, 0.3) is 0 Å². The van der Waals surface area contributed by atoms with E-state index in [-0.39, 0.29) is 25.4 Å². The highest BCUT2D eigenvalue weighted by Gasteiger charge is 2.54. The van der Waals surface area contributed by atoms with E-state index in [9.17, 15) is 23.1 Å². The van der Waals surface area contributed by atoms with Gasteiger partial charge < -0.3 is 10.0 Å². The molecule has 0 unspecified atom stereocenters. The Hall–Kier alpha value is -0.780. The Kier molecular flexibility index (Phi) is 3.28. The van der Waals surface area contributed by atoms with Crippen molar-refractivity contribution in [3.63, 3.8) is 0 Å². The fourth-order valence-electron chi connectivity index (χ4n) is 1.63. The first-order valence-electron chi connectivity index (χ1n) is 4.87. The zero-order valence-electron chi connectivity index (χ0n) is 8.47. The largest absolute Gasteiger partial charge is 0.417 e. The van der Waals surface area contributed by atoms with Gasteiger partial charge in [-0.1, -0.05) is 6.92 Å². The molecule has 0 spiro atoms. The van der Waals surface area contributed by atoms with Gasteiger partial charge in [0.15, 0.2) is 5.60 Å². The molecule has 3 nitrogen and oxygen atoms in total. The Morgan fingerprint density at radius 2 is 1.87 bits per heavy atom. The van der Waals surface area contributed by atoms with Crippen LogP contribution in [0.3, 0.4) is 0 Å². The molecule has 0 bridgehead atoms. The van der Waals surface area contributed by atoms with E-state index in [0.29, 0.717) is 0 Å². The zero-order chi connectivity index (χ0) is 11.7. The number of aliphatic hydroxyl groups is 1. The topological polar surface area (TPSA) is 40.5 Å². The maximum atomic E-state index is 12.4. The van der Waals surface area contributed by atoms with Crippen molar-refractivity contribution in [2.75, 3.05) is 13.1 Å². The average Bonchev–Trinajstić information content (AvgIpc) is 2.16. The Balaban J connectivity index is 2.59. The first-order valence-corrected chi connectivity index (χ1v) is 4.87. The van der Waals surface area contributed by atoms with Gasteiger partial charge in [0.1, 0.15) is 0 Å². The first-order chi connectivity index (χ1) is 6.80. The van der Waals surface area contributed by atoms with E-state index in [4.69, 9.17) is 0 Å². The number of carbonyl (C=O) groups is 1. The summed E-state index contributed by atoms with van der Waals surface area (Å²) < 4.78 is 37.1. The van der Waals surface area contributed by atoms with Crippen molar-refractivity contribution >= 4 is 5.91 Å². The molecule has 1 aliphatic heterocycles. The minimum Gasteiger partial charge on any atom is -0.380 e. The normalized spacial score (nSPS) is 21.5. The molecule has 1 fully saturated rings. The first kappa shape index (κ1) is 12.3. The van der Waals surface area contributed by atoms with E-state index in [1.54, 1.807) is 6.92 Å². The molecule has 0 aromatic rings. The van der Waals surface area contributed by atoms with Crippen LogP contribution in [0.15, 0.2) is 0 Å². The summed E-state index contributed by atoms with van der Waals surface area (Å²) in [5.74, 6) is -0.167. The molecular formula is C9H14F3NO2. The number of rotatable bonds is 1. The molecule has 1 saturated heterocycles. The molecular weight excluding hydrogens is 211 g/mol. The van der Waals surface area contributed by atoms with Gasteiger partial charge in [0.05, 0.1) is 0 Å². The molecule has 1 rings (SSSR count). The van der Waals surface area contributed by atoms with Crippen LogP contribution in [0.2, 0.25) is 0 Å². The predicted molar refractivity (Wildman–Crippen MR) is 47.1 cm³/mol. The van der Waals surface area contributed by atoms with Gasteiger partial charge in [-0.3, -0.25) is 4.79 Å². The molecule has 88 valence electrons. The third kappa shape index (κ3) is 2.42. The lowest BCUT2D eigenvalue weighted by Gasteiger charge is -2.39. The number of alkyl halides is 3. The van der Waals surface area contributed by atoms with E-state index in [2.05, 4.69) is 0 Å². The summed E-state index contributed by atoms with van der Waals surface area (Å²) in [4.78, 5) is 12.6. The third-order valence-corrected chi connectivity index (χ3v) is 2.77. The highest BCUT2D eigenvalue weighted by atomic mass is 19.4. The summed E-state index contributed by atoms with van der Waals surface area (Å²) in [6, 6.07) is 0. The summed E-state index contributed by atoms with van der Waals surface area (Å²) >= 11 is 0. The molecule has 0 saturated carbocycles. The number of piperidine rings is 1. The summed E-state index contributed by atoms with van der Waals surface area (Å²) in [5, 5.41) is 9.32. The van der Waals surface area contributed by atoms with Gasteiger partial charge in [-0.25, -0.2) is 0 Å². The monoisotopic (exact) mass is 225 g/mol. The second kappa shape index (κ2) is 4.00. The lowest BCUT2D eigenvalue weighted by molar-refractivity contribution is -0.272. The van der Waals surface area contributed by atoms with Crippen LogP contribution in [-0.4, -0.2) is 40.8 Å². The van der Waals surface area contributed by atoms with Crippen LogP contribution in [0.5, 0.6) is 0 Å². The van der Waals surface area contributed by atoms with E-state index in [0.717, 1.165) is 0 Å². The second-order valence-corrected chi connectivity index (χ2v) is 3.76. The van der Waals surface area contributed by atoms with Crippen LogP contribution >= 0.6 is 0 Å². The fraction of sp³-hybridized carbons (Fsp3) is 0.889. The molecule has 1 aliphatic rings. The minimum absolute atomic E-state index is 0.0251. The van der Waals surface area contributed by atoms with Crippen molar-refractivity contribution in [2.45, 2.75) is 38.0 Å². The molecule has 1 amide bonds. The van der Waals surface area contributed by atoms with Gasteiger partial charge in [-0.2, -0.15) is 13.2 Å². The molecule has 15 heavy (non-hydrogen) atoms. The highest BCUT2D eigenvalue weighted by molar-refractivity contribution is 5.75. The van der Waals surface area contributed by atoms with Gasteiger partial charge in [-0.05, 0) is 0 Å². The Morgan fingerprint density at radius 3 is 2.20 bits per heavy atom. The number of amides is 1. The number of likely N-dealkylation sites (tertiary alicyclic amines) is 1. The van der Waals surface area contributed by atoms with Crippen molar-refractivity contribution in [2.24, 2.45) is 0 Å². The predicted octanol–water partition coefficient (Wildman–Crippen LogP) is 1.31. The van der Waals surface area contributed by atoms with Gasteiger partial charge in [-0.15, -0.1) is 0 Å². The zero-order valence-corrected chi connectivity index (χ0v) is 8.47. The summed E-state index contributed by atoms with van der Waals surface area (Å²) in [5.41, 5.74) is -2.61. The fourth-order valence-corrected chi connectivity index (χ4v) is 1.63. The molecule has 0 atom stereocenters. The molecule has 6 heteroatoms. The van der Waals surface area contributed by atoms with E-state index < -0.39 is 24.6 Å².